The summed E-state index contributed by atoms with van der Waals surface area (Å²) in [5.41, 5.74) is -6.17. The fourth-order valence-electron chi connectivity index (χ4n) is 1.08. The number of pyridine rings is 1. The molecule has 0 saturated carbocycles. The van der Waals surface area contributed by atoms with E-state index in [1.807, 2.05) is 0 Å². The summed E-state index contributed by atoms with van der Waals surface area (Å²) in [6, 6.07) is 1.19. The second-order valence-electron chi connectivity index (χ2n) is 2.73. The first-order chi connectivity index (χ1) is 7.29. The molecule has 0 aromatic carbocycles. The molecule has 0 fully saturated rings. The predicted octanol–water partition coefficient (Wildman–Crippen LogP) is 2.20. The van der Waals surface area contributed by atoms with E-state index in [4.69, 9.17) is 5.26 Å². The summed E-state index contributed by atoms with van der Waals surface area (Å²) in [6.07, 6.45) is -8.18. The summed E-state index contributed by atoms with van der Waals surface area (Å²) < 4.78 is 61.4. The average Bonchev–Trinajstić information content (AvgIpc) is 2.14. The molecule has 1 aromatic heterocycles. The topological polar surface area (TPSA) is 56.6 Å². The van der Waals surface area contributed by atoms with Gasteiger partial charge in [0.05, 0.1) is 5.69 Å². The number of hydrogen-bond acceptors (Lipinski definition) is 2. The van der Waals surface area contributed by atoms with Crippen molar-refractivity contribution in [3.63, 3.8) is 0 Å². The van der Waals surface area contributed by atoms with E-state index in [2.05, 4.69) is 0 Å². The van der Waals surface area contributed by atoms with Gasteiger partial charge in [0, 0.05) is 6.20 Å². The minimum absolute atomic E-state index is 0.527. The number of aromatic amines is 1. The van der Waals surface area contributed by atoms with Gasteiger partial charge >= 0.3 is 6.18 Å². The van der Waals surface area contributed by atoms with E-state index in [0.717, 1.165) is 0 Å². The molecule has 8 heteroatoms. The molecule has 0 aliphatic heterocycles. The molecule has 86 valence electrons. The fraction of sp³-hybridized carbons (Fsp3) is 0.250. The maximum absolute atomic E-state index is 12.3. The zero-order valence-electron chi connectivity index (χ0n) is 7.40. The predicted molar refractivity (Wildman–Crippen MR) is 41.7 cm³/mol. The summed E-state index contributed by atoms with van der Waals surface area (Å²) >= 11 is 0. The van der Waals surface area contributed by atoms with Crippen LogP contribution in [0.3, 0.4) is 0 Å². The zero-order valence-corrected chi connectivity index (χ0v) is 7.40. The first kappa shape index (κ1) is 12.2. The van der Waals surface area contributed by atoms with Crippen molar-refractivity contribution >= 4 is 0 Å². The van der Waals surface area contributed by atoms with E-state index in [-0.39, 0.29) is 0 Å². The fourth-order valence-corrected chi connectivity index (χ4v) is 1.08. The molecular formula is C8H3F5N2O. The molecule has 0 saturated heterocycles. The monoisotopic (exact) mass is 238 g/mol. The number of nitrogens with zero attached hydrogens (tertiary/aromatic N) is 1. The maximum Gasteiger partial charge on any atom is 0.422 e. The van der Waals surface area contributed by atoms with Crippen LogP contribution in [-0.4, -0.2) is 4.98 Å². The van der Waals surface area contributed by atoms with Gasteiger partial charge < -0.3 is 4.98 Å². The van der Waals surface area contributed by atoms with Gasteiger partial charge in [0.2, 0.25) is 5.43 Å². The number of nitriles is 1. The van der Waals surface area contributed by atoms with Gasteiger partial charge in [-0.05, 0) is 0 Å². The highest BCUT2D eigenvalue weighted by Gasteiger charge is 2.39. The summed E-state index contributed by atoms with van der Waals surface area (Å²) in [6.45, 7) is 0. The van der Waals surface area contributed by atoms with Crippen LogP contribution in [-0.2, 0) is 6.18 Å². The number of rotatable bonds is 1. The van der Waals surface area contributed by atoms with Gasteiger partial charge in [0.15, 0.2) is 0 Å². The van der Waals surface area contributed by atoms with E-state index in [9.17, 15) is 26.7 Å². The van der Waals surface area contributed by atoms with Crippen molar-refractivity contribution in [2.24, 2.45) is 0 Å². The van der Waals surface area contributed by atoms with Crippen molar-refractivity contribution < 1.29 is 22.0 Å². The molecule has 1 heterocycles. The molecular weight excluding hydrogens is 235 g/mol. The Morgan fingerprint density at radius 3 is 2.31 bits per heavy atom. The van der Waals surface area contributed by atoms with Crippen LogP contribution in [0.4, 0.5) is 22.0 Å². The van der Waals surface area contributed by atoms with Gasteiger partial charge in [-0.25, -0.2) is 8.78 Å². The summed E-state index contributed by atoms with van der Waals surface area (Å²) in [5, 5.41) is 8.31. The SMILES string of the molecule is N#Cc1c[nH]c(C(F)F)c(C(F)(F)F)c1=O. The van der Waals surface area contributed by atoms with Gasteiger partial charge in [-0.15, -0.1) is 0 Å². The molecule has 1 aromatic rings. The lowest BCUT2D eigenvalue weighted by Crippen LogP contribution is -2.25. The van der Waals surface area contributed by atoms with Gasteiger partial charge in [0.25, 0.3) is 6.43 Å². The largest absolute Gasteiger partial charge is 0.422 e. The average molecular weight is 238 g/mol. The lowest BCUT2D eigenvalue weighted by Gasteiger charge is -2.11. The van der Waals surface area contributed by atoms with Crippen molar-refractivity contribution in [1.29, 1.82) is 5.26 Å². The van der Waals surface area contributed by atoms with E-state index >= 15 is 0 Å². The van der Waals surface area contributed by atoms with Crippen molar-refractivity contribution in [2.45, 2.75) is 12.6 Å². The van der Waals surface area contributed by atoms with Crippen molar-refractivity contribution in [1.82, 2.24) is 4.98 Å². The third-order valence-electron chi connectivity index (χ3n) is 1.74. The highest BCUT2D eigenvalue weighted by atomic mass is 19.4. The molecule has 1 N–H and O–H groups in total. The number of alkyl halides is 5. The zero-order chi connectivity index (χ0) is 12.5. The minimum Gasteiger partial charge on any atom is -0.358 e. The van der Waals surface area contributed by atoms with Crippen LogP contribution in [0.1, 0.15) is 23.2 Å². The third kappa shape index (κ3) is 2.03. The Morgan fingerprint density at radius 2 is 1.94 bits per heavy atom. The molecule has 0 radical (unpaired) electrons. The molecule has 0 aliphatic rings. The van der Waals surface area contributed by atoms with E-state index in [1.54, 1.807) is 4.98 Å². The molecule has 0 bridgehead atoms. The lowest BCUT2D eigenvalue weighted by atomic mass is 10.1. The van der Waals surface area contributed by atoms with Crippen molar-refractivity contribution in [2.75, 3.05) is 0 Å². The molecule has 0 atom stereocenters. The Labute approximate surface area is 85.1 Å². The van der Waals surface area contributed by atoms with Crippen LogP contribution in [0, 0.1) is 11.3 Å². The molecule has 0 spiro atoms. The van der Waals surface area contributed by atoms with Crippen LogP contribution in [0.25, 0.3) is 0 Å². The second-order valence-corrected chi connectivity index (χ2v) is 2.73. The van der Waals surface area contributed by atoms with Crippen molar-refractivity contribution in [3.05, 3.63) is 33.2 Å². The Bertz CT molecular complexity index is 497. The van der Waals surface area contributed by atoms with Crippen LogP contribution in [0.2, 0.25) is 0 Å². The normalized spacial score (nSPS) is 11.6. The first-order valence-electron chi connectivity index (χ1n) is 3.80. The van der Waals surface area contributed by atoms with Crippen LogP contribution >= 0.6 is 0 Å². The lowest BCUT2D eigenvalue weighted by molar-refractivity contribution is -0.140. The number of nitrogens with one attached hydrogen (secondary N) is 1. The summed E-state index contributed by atoms with van der Waals surface area (Å²) in [5.74, 6) is 0. The quantitative estimate of drug-likeness (QED) is 0.762. The Hall–Kier alpha value is -1.91. The third-order valence-corrected chi connectivity index (χ3v) is 1.74. The molecule has 1 rings (SSSR count). The van der Waals surface area contributed by atoms with Gasteiger partial charge in [-0.1, -0.05) is 0 Å². The number of H-pyrrole nitrogens is 1. The van der Waals surface area contributed by atoms with Crippen LogP contribution < -0.4 is 5.43 Å². The Morgan fingerprint density at radius 1 is 1.38 bits per heavy atom. The van der Waals surface area contributed by atoms with E-state index in [0.29, 0.717) is 6.20 Å². The second kappa shape index (κ2) is 3.92. The number of halogens is 5. The molecule has 0 unspecified atom stereocenters. The van der Waals surface area contributed by atoms with Gasteiger partial charge in [0.1, 0.15) is 17.2 Å². The summed E-state index contributed by atoms with van der Waals surface area (Å²) in [7, 11) is 0. The van der Waals surface area contributed by atoms with Gasteiger partial charge in [-0.3, -0.25) is 4.79 Å². The minimum atomic E-state index is -5.23. The molecule has 0 aliphatic carbocycles. The van der Waals surface area contributed by atoms with E-state index < -0.39 is 34.9 Å². The first-order valence-corrected chi connectivity index (χ1v) is 3.80. The highest BCUT2D eigenvalue weighted by Crippen LogP contribution is 2.32. The molecule has 16 heavy (non-hydrogen) atoms. The van der Waals surface area contributed by atoms with Crippen molar-refractivity contribution in [3.8, 4) is 6.07 Å². The Balaban J connectivity index is 3.65. The standard InChI is InChI=1S/C8H3F5N2O/c9-7(10)5-4(8(11,12)13)6(16)3(1-14)2-15-5/h2,7H,(H,15,16). The van der Waals surface area contributed by atoms with Crippen LogP contribution in [0.15, 0.2) is 11.0 Å². The summed E-state index contributed by atoms with van der Waals surface area (Å²) in [4.78, 5) is 12.7. The number of aromatic nitrogens is 1. The molecule has 3 nitrogen and oxygen atoms in total. The Kier molecular flexibility index (Phi) is 2.98. The smallest absolute Gasteiger partial charge is 0.358 e. The maximum atomic E-state index is 12.3. The van der Waals surface area contributed by atoms with Gasteiger partial charge in [-0.2, -0.15) is 18.4 Å². The molecule has 0 amide bonds. The number of hydrogen-bond donors (Lipinski definition) is 1. The van der Waals surface area contributed by atoms with Crippen LogP contribution in [0.5, 0.6) is 0 Å². The van der Waals surface area contributed by atoms with E-state index in [1.165, 1.54) is 6.07 Å². The highest BCUT2D eigenvalue weighted by molar-refractivity contribution is 5.35.